The van der Waals surface area contributed by atoms with Crippen LogP contribution in [0.5, 0.6) is 0 Å². The first-order valence-electron chi connectivity index (χ1n) is 7.04. The first-order valence-corrected chi connectivity index (χ1v) is 7.04. The van der Waals surface area contributed by atoms with Gasteiger partial charge in [0, 0.05) is 18.4 Å². The van der Waals surface area contributed by atoms with Gasteiger partial charge in [0.2, 0.25) is 0 Å². The van der Waals surface area contributed by atoms with E-state index in [1.54, 1.807) is 0 Å². The molecule has 1 saturated carbocycles. The molecule has 3 unspecified atom stereocenters. The molecule has 1 aliphatic carbocycles. The first-order chi connectivity index (χ1) is 8.69. The van der Waals surface area contributed by atoms with Gasteiger partial charge in [0.05, 0.1) is 0 Å². The lowest BCUT2D eigenvalue weighted by atomic mass is 9.73. The molecule has 1 aromatic rings. The van der Waals surface area contributed by atoms with E-state index in [4.69, 9.17) is 5.84 Å². The SMILES string of the molecule is CC1CC(C)CC(C(Cc2cccnc2)NN)C1. The maximum atomic E-state index is 5.77. The Morgan fingerprint density at radius 3 is 2.61 bits per heavy atom. The third-order valence-electron chi connectivity index (χ3n) is 4.18. The summed E-state index contributed by atoms with van der Waals surface area (Å²) < 4.78 is 0. The van der Waals surface area contributed by atoms with E-state index >= 15 is 0 Å². The maximum Gasteiger partial charge on any atom is 0.0300 e. The molecule has 100 valence electrons. The van der Waals surface area contributed by atoms with Gasteiger partial charge in [-0.2, -0.15) is 0 Å². The molecule has 0 aliphatic heterocycles. The van der Waals surface area contributed by atoms with Gasteiger partial charge >= 0.3 is 0 Å². The fraction of sp³-hybridized carbons (Fsp3) is 0.667. The van der Waals surface area contributed by atoms with Gasteiger partial charge in [0.25, 0.3) is 0 Å². The molecule has 3 nitrogen and oxygen atoms in total. The summed E-state index contributed by atoms with van der Waals surface area (Å²) >= 11 is 0. The van der Waals surface area contributed by atoms with Crippen LogP contribution in [0.2, 0.25) is 0 Å². The number of hydrogen-bond acceptors (Lipinski definition) is 3. The molecule has 0 bridgehead atoms. The van der Waals surface area contributed by atoms with Crippen LogP contribution in [0.1, 0.15) is 38.7 Å². The van der Waals surface area contributed by atoms with Gasteiger partial charge in [0.1, 0.15) is 0 Å². The number of rotatable bonds is 4. The Balaban J connectivity index is 2.00. The monoisotopic (exact) mass is 247 g/mol. The molecule has 0 saturated heterocycles. The summed E-state index contributed by atoms with van der Waals surface area (Å²) in [6.07, 6.45) is 8.69. The minimum atomic E-state index is 0.374. The van der Waals surface area contributed by atoms with Crippen LogP contribution >= 0.6 is 0 Å². The molecule has 1 heterocycles. The number of nitrogens with zero attached hydrogens (tertiary/aromatic N) is 1. The molecule has 1 aliphatic rings. The van der Waals surface area contributed by atoms with Crippen LogP contribution in [0.25, 0.3) is 0 Å². The molecule has 3 N–H and O–H groups in total. The summed E-state index contributed by atoms with van der Waals surface area (Å²) in [5.74, 6) is 8.11. The highest BCUT2D eigenvalue weighted by Gasteiger charge is 2.29. The Hall–Kier alpha value is -0.930. The standard InChI is InChI=1S/C15H25N3/c1-11-6-12(2)8-14(7-11)15(18-16)9-13-4-3-5-17-10-13/h3-5,10-12,14-15,18H,6-9,16H2,1-2H3. The predicted octanol–water partition coefficient (Wildman–Crippen LogP) is 2.53. The van der Waals surface area contributed by atoms with Crippen molar-refractivity contribution in [3.8, 4) is 0 Å². The van der Waals surface area contributed by atoms with E-state index in [0.29, 0.717) is 12.0 Å². The van der Waals surface area contributed by atoms with Gasteiger partial charge < -0.3 is 0 Å². The van der Waals surface area contributed by atoms with Gasteiger partial charge in [-0.1, -0.05) is 19.9 Å². The van der Waals surface area contributed by atoms with Crippen molar-refractivity contribution in [2.45, 2.75) is 45.6 Å². The molecule has 1 fully saturated rings. The predicted molar refractivity (Wildman–Crippen MR) is 74.7 cm³/mol. The molecular weight excluding hydrogens is 222 g/mol. The van der Waals surface area contributed by atoms with Crippen molar-refractivity contribution in [3.63, 3.8) is 0 Å². The number of hydrogen-bond donors (Lipinski definition) is 2. The highest BCUT2D eigenvalue weighted by Crippen LogP contribution is 2.35. The Bertz CT molecular complexity index is 342. The summed E-state index contributed by atoms with van der Waals surface area (Å²) in [6.45, 7) is 4.72. The average Bonchev–Trinajstić information content (AvgIpc) is 2.36. The molecule has 1 aromatic heterocycles. The number of nitrogens with one attached hydrogen (secondary N) is 1. The lowest BCUT2D eigenvalue weighted by Gasteiger charge is -2.36. The van der Waals surface area contributed by atoms with Crippen molar-refractivity contribution in [3.05, 3.63) is 30.1 Å². The minimum absolute atomic E-state index is 0.374. The van der Waals surface area contributed by atoms with Crippen LogP contribution in [-0.4, -0.2) is 11.0 Å². The second kappa shape index (κ2) is 6.30. The van der Waals surface area contributed by atoms with E-state index in [1.165, 1.54) is 24.8 Å². The second-order valence-electron chi connectivity index (χ2n) is 6.02. The third kappa shape index (κ3) is 3.53. The maximum absolute atomic E-state index is 5.77. The van der Waals surface area contributed by atoms with Crippen molar-refractivity contribution in [2.24, 2.45) is 23.6 Å². The highest BCUT2D eigenvalue weighted by molar-refractivity contribution is 5.10. The average molecular weight is 247 g/mol. The lowest BCUT2D eigenvalue weighted by Crippen LogP contribution is -2.44. The largest absolute Gasteiger partial charge is 0.271 e. The van der Waals surface area contributed by atoms with Gasteiger partial charge in [-0.25, -0.2) is 0 Å². The van der Waals surface area contributed by atoms with Crippen LogP contribution in [0.3, 0.4) is 0 Å². The van der Waals surface area contributed by atoms with Gasteiger partial charge in [-0.15, -0.1) is 0 Å². The molecule has 18 heavy (non-hydrogen) atoms. The van der Waals surface area contributed by atoms with E-state index in [0.717, 1.165) is 18.3 Å². The summed E-state index contributed by atoms with van der Waals surface area (Å²) in [5, 5.41) is 0. The molecule has 0 spiro atoms. The van der Waals surface area contributed by atoms with Crippen LogP contribution in [0, 0.1) is 17.8 Å². The summed E-state index contributed by atoms with van der Waals surface area (Å²) in [4.78, 5) is 4.18. The number of aromatic nitrogens is 1. The Kier molecular flexibility index (Phi) is 4.72. The van der Waals surface area contributed by atoms with Crippen LogP contribution in [0.4, 0.5) is 0 Å². The van der Waals surface area contributed by atoms with Crippen LogP contribution in [-0.2, 0) is 6.42 Å². The van der Waals surface area contributed by atoms with E-state index in [9.17, 15) is 0 Å². The van der Waals surface area contributed by atoms with Crippen LogP contribution < -0.4 is 11.3 Å². The highest BCUT2D eigenvalue weighted by atomic mass is 15.2. The van der Waals surface area contributed by atoms with Crippen molar-refractivity contribution >= 4 is 0 Å². The van der Waals surface area contributed by atoms with E-state index in [1.807, 2.05) is 18.5 Å². The van der Waals surface area contributed by atoms with Gasteiger partial charge in [-0.05, 0) is 55.1 Å². The number of pyridine rings is 1. The summed E-state index contributed by atoms with van der Waals surface area (Å²) in [7, 11) is 0. The van der Waals surface area contributed by atoms with Gasteiger partial charge in [0.15, 0.2) is 0 Å². The smallest absolute Gasteiger partial charge is 0.0300 e. The van der Waals surface area contributed by atoms with Crippen molar-refractivity contribution in [1.29, 1.82) is 0 Å². The fourth-order valence-corrected chi connectivity index (χ4v) is 3.47. The molecule has 3 heteroatoms. The molecule has 2 rings (SSSR count). The molecule has 0 radical (unpaired) electrons. The lowest BCUT2D eigenvalue weighted by molar-refractivity contribution is 0.175. The van der Waals surface area contributed by atoms with E-state index < -0.39 is 0 Å². The molecule has 0 amide bonds. The fourth-order valence-electron chi connectivity index (χ4n) is 3.47. The topological polar surface area (TPSA) is 50.9 Å². The van der Waals surface area contributed by atoms with Crippen molar-refractivity contribution < 1.29 is 0 Å². The third-order valence-corrected chi connectivity index (χ3v) is 4.18. The quantitative estimate of drug-likeness (QED) is 0.635. The van der Waals surface area contributed by atoms with Crippen LogP contribution in [0.15, 0.2) is 24.5 Å². The normalized spacial score (nSPS) is 30.1. The Morgan fingerprint density at radius 1 is 1.33 bits per heavy atom. The zero-order valence-electron chi connectivity index (χ0n) is 11.5. The number of nitrogens with two attached hydrogens (primary N) is 1. The molecular formula is C15H25N3. The summed E-state index contributed by atoms with van der Waals surface area (Å²) in [6, 6.07) is 4.50. The zero-order chi connectivity index (χ0) is 13.0. The zero-order valence-corrected chi connectivity index (χ0v) is 11.5. The van der Waals surface area contributed by atoms with Crippen molar-refractivity contribution in [2.75, 3.05) is 0 Å². The van der Waals surface area contributed by atoms with E-state index in [2.05, 4.69) is 30.3 Å². The minimum Gasteiger partial charge on any atom is -0.271 e. The van der Waals surface area contributed by atoms with E-state index in [-0.39, 0.29) is 0 Å². The first kappa shape index (κ1) is 13.5. The molecule has 3 atom stereocenters. The Labute approximate surface area is 110 Å². The number of hydrazine groups is 1. The Morgan fingerprint density at radius 2 is 2.06 bits per heavy atom. The molecule has 0 aromatic carbocycles. The second-order valence-corrected chi connectivity index (χ2v) is 6.02. The summed E-state index contributed by atoms with van der Waals surface area (Å²) in [5.41, 5.74) is 4.30. The van der Waals surface area contributed by atoms with Gasteiger partial charge in [-0.3, -0.25) is 16.3 Å². The van der Waals surface area contributed by atoms with Crippen molar-refractivity contribution in [1.82, 2.24) is 10.4 Å².